The summed E-state index contributed by atoms with van der Waals surface area (Å²) in [7, 11) is 0. The Morgan fingerprint density at radius 1 is 1.32 bits per heavy atom. The Labute approximate surface area is 118 Å². The van der Waals surface area contributed by atoms with E-state index in [1.54, 1.807) is 12.3 Å². The Balaban J connectivity index is 2.25. The molecule has 0 atom stereocenters. The summed E-state index contributed by atoms with van der Waals surface area (Å²) in [6.45, 7) is 0. The molecule has 0 aliphatic heterocycles. The van der Waals surface area contributed by atoms with Gasteiger partial charge in [-0.2, -0.15) is 0 Å². The van der Waals surface area contributed by atoms with Crippen LogP contribution in [0.5, 0.6) is 11.5 Å². The van der Waals surface area contributed by atoms with E-state index in [1.807, 2.05) is 0 Å². The van der Waals surface area contributed by atoms with Crippen molar-refractivity contribution in [3.63, 3.8) is 0 Å². The van der Waals surface area contributed by atoms with Crippen molar-refractivity contribution >= 4 is 28.9 Å². The smallest absolute Gasteiger partial charge is 0.271 e. The second-order valence-electron chi connectivity index (χ2n) is 3.64. The fraction of sp³-hybridized carbons (Fsp3) is 0.0833. The highest BCUT2D eigenvalue weighted by Crippen LogP contribution is 2.32. The summed E-state index contributed by atoms with van der Waals surface area (Å²) >= 11 is 11.6. The maximum absolute atomic E-state index is 10.6. The quantitative estimate of drug-likeness (QED) is 0.482. The molecule has 0 bridgehead atoms. The molecule has 19 heavy (non-hydrogen) atoms. The predicted octanol–water partition coefficient (Wildman–Crippen LogP) is 4.17. The average Bonchev–Trinajstić information content (AvgIpc) is 2.41. The molecule has 0 unspecified atom stereocenters. The lowest BCUT2D eigenvalue weighted by Crippen LogP contribution is -1.91. The zero-order valence-electron chi connectivity index (χ0n) is 9.55. The molecule has 1 heterocycles. The molecule has 98 valence electrons. The molecule has 2 aromatic rings. The van der Waals surface area contributed by atoms with Crippen molar-refractivity contribution in [3.05, 3.63) is 57.4 Å². The van der Waals surface area contributed by atoms with E-state index in [2.05, 4.69) is 4.98 Å². The van der Waals surface area contributed by atoms with Gasteiger partial charge in [-0.25, -0.2) is 0 Å². The number of ether oxygens (including phenoxy) is 1. The molecule has 0 spiro atoms. The van der Waals surface area contributed by atoms with Crippen LogP contribution in [-0.4, -0.2) is 9.91 Å². The van der Waals surface area contributed by atoms with Crippen LogP contribution in [0.3, 0.4) is 0 Å². The van der Waals surface area contributed by atoms with Crippen LogP contribution >= 0.6 is 23.2 Å². The maximum Gasteiger partial charge on any atom is 0.271 e. The number of aromatic nitrogens is 1. The standard InChI is InChI=1S/C12H8Cl2N2O3/c13-5-8-3-10(7-15-6-8)19-12-2-1-9(16(17)18)4-11(12)14/h1-4,6-7H,5H2. The summed E-state index contributed by atoms with van der Waals surface area (Å²) in [5, 5.41) is 10.7. The van der Waals surface area contributed by atoms with E-state index in [4.69, 9.17) is 27.9 Å². The van der Waals surface area contributed by atoms with Crippen molar-refractivity contribution in [2.75, 3.05) is 0 Å². The average molecular weight is 299 g/mol. The number of nitro benzene ring substituents is 1. The Bertz CT molecular complexity index is 620. The van der Waals surface area contributed by atoms with Crippen molar-refractivity contribution in [3.8, 4) is 11.5 Å². The molecule has 0 radical (unpaired) electrons. The van der Waals surface area contributed by atoms with E-state index in [0.29, 0.717) is 17.4 Å². The van der Waals surface area contributed by atoms with E-state index in [1.165, 1.54) is 24.4 Å². The number of nitrogens with zero attached hydrogens (tertiary/aromatic N) is 2. The highest BCUT2D eigenvalue weighted by molar-refractivity contribution is 6.32. The summed E-state index contributed by atoms with van der Waals surface area (Å²) in [4.78, 5) is 14.0. The third-order valence-corrected chi connectivity index (χ3v) is 2.88. The molecule has 5 nitrogen and oxygen atoms in total. The topological polar surface area (TPSA) is 65.3 Å². The van der Waals surface area contributed by atoms with Gasteiger partial charge >= 0.3 is 0 Å². The highest BCUT2D eigenvalue weighted by atomic mass is 35.5. The fourth-order valence-corrected chi connectivity index (χ4v) is 1.77. The molecule has 2 rings (SSSR count). The number of hydrogen-bond donors (Lipinski definition) is 0. The van der Waals surface area contributed by atoms with E-state index in [9.17, 15) is 10.1 Å². The predicted molar refractivity (Wildman–Crippen MR) is 72.0 cm³/mol. The van der Waals surface area contributed by atoms with E-state index in [0.717, 1.165) is 5.56 Å². The molecule has 0 saturated carbocycles. The van der Waals surface area contributed by atoms with Crippen LogP contribution in [0.25, 0.3) is 0 Å². The molecule has 1 aromatic carbocycles. The van der Waals surface area contributed by atoms with Gasteiger partial charge in [-0.1, -0.05) is 11.6 Å². The molecule has 0 saturated heterocycles. The van der Waals surface area contributed by atoms with Gasteiger partial charge in [0.1, 0.15) is 11.5 Å². The monoisotopic (exact) mass is 298 g/mol. The number of non-ortho nitro benzene ring substituents is 1. The first kappa shape index (κ1) is 13.6. The molecule has 0 fully saturated rings. The number of halogens is 2. The van der Waals surface area contributed by atoms with Gasteiger partial charge < -0.3 is 4.74 Å². The summed E-state index contributed by atoms with van der Waals surface area (Å²) < 4.78 is 5.51. The van der Waals surface area contributed by atoms with E-state index >= 15 is 0 Å². The molecule has 0 amide bonds. The fourth-order valence-electron chi connectivity index (χ4n) is 1.41. The number of pyridine rings is 1. The number of alkyl halides is 1. The van der Waals surface area contributed by atoms with Gasteiger partial charge in [0.15, 0.2) is 0 Å². The summed E-state index contributed by atoms with van der Waals surface area (Å²) in [5.41, 5.74) is 0.710. The van der Waals surface area contributed by atoms with E-state index < -0.39 is 4.92 Å². The molecular formula is C12H8Cl2N2O3. The molecule has 0 N–H and O–H groups in total. The summed E-state index contributed by atoms with van der Waals surface area (Å²) in [5.74, 6) is 1.10. The highest BCUT2D eigenvalue weighted by Gasteiger charge is 2.11. The van der Waals surface area contributed by atoms with Crippen LogP contribution in [0.2, 0.25) is 5.02 Å². The Kier molecular flexibility index (Phi) is 4.19. The second-order valence-corrected chi connectivity index (χ2v) is 4.31. The van der Waals surface area contributed by atoms with Gasteiger partial charge in [0.25, 0.3) is 5.69 Å². The van der Waals surface area contributed by atoms with Crippen molar-refractivity contribution in [1.82, 2.24) is 4.98 Å². The number of nitro groups is 1. The first-order valence-electron chi connectivity index (χ1n) is 5.22. The first-order chi connectivity index (χ1) is 9.10. The second kappa shape index (κ2) is 5.86. The number of benzene rings is 1. The molecule has 7 heteroatoms. The third-order valence-electron chi connectivity index (χ3n) is 2.28. The molecule has 0 aliphatic carbocycles. The first-order valence-corrected chi connectivity index (χ1v) is 6.13. The minimum absolute atomic E-state index is 0.0926. The van der Waals surface area contributed by atoms with Crippen molar-refractivity contribution < 1.29 is 9.66 Å². The normalized spacial score (nSPS) is 10.2. The third kappa shape index (κ3) is 3.33. The van der Waals surface area contributed by atoms with Gasteiger partial charge in [-0.3, -0.25) is 15.1 Å². The lowest BCUT2D eigenvalue weighted by molar-refractivity contribution is -0.384. The Morgan fingerprint density at radius 3 is 2.74 bits per heavy atom. The van der Waals surface area contributed by atoms with Crippen LogP contribution in [0.1, 0.15) is 5.56 Å². The summed E-state index contributed by atoms with van der Waals surface area (Å²) in [6, 6.07) is 5.71. The van der Waals surface area contributed by atoms with Gasteiger partial charge in [-0.15, -0.1) is 11.6 Å². The Hall–Kier alpha value is -1.85. The van der Waals surface area contributed by atoms with Gasteiger partial charge in [0, 0.05) is 24.2 Å². The SMILES string of the molecule is O=[N+]([O-])c1ccc(Oc2cncc(CCl)c2)c(Cl)c1. The van der Waals surface area contributed by atoms with Crippen molar-refractivity contribution in [2.45, 2.75) is 5.88 Å². The van der Waals surface area contributed by atoms with Gasteiger partial charge in [-0.05, 0) is 17.7 Å². The van der Waals surface area contributed by atoms with Crippen LogP contribution in [0.15, 0.2) is 36.7 Å². The number of hydrogen-bond acceptors (Lipinski definition) is 4. The minimum atomic E-state index is -0.522. The maximum atomic E-state index is 10.6. The Morgan fingerprint density at radius 2 is 2.11 bits per heavy atom. The van der Waals surface area contributed by atoms with Gasteiger partial charge in [0.05, 0.1) is 16.1 Å². The molecule has 0 aliphatic rings. The zero-order valence-corrected chi connectivity index (χ0v) is 11.1. The van der Waals surface area contributed by atoms with Crippen molar-refractivity contribution in [2.24, 2.45) is 0 Å². The van der Waals surface area contributed by atoms with Crippen molar-refractivity contribution in [1.29, 1.82) is 0 Å². The minimum Gasteiger partial charge on any atom is -0.454 e. The largest absolute Gasteiger partial charge is 0.454 e. The van der Waals surface area contributed by atoms with Crippen LogP contribution in [-0.2, 0) is 5.88 Å². The summed E-state index contributed by atoms with van der Waals surface area (Å²) in [6.07, 6.45) is 3.13. The lowest BCUT2D eigenvalue weighted by atomic mass is 10.3. The van der Waals surface area contributed by atoms with Crippen LogP contribution < -0.4 is 4.74 Å². The van der Waals surface area contributed by atoms with E-state index in [-0.39, 0.29) is 10.7 Å². The van der Waals surface area contributed by atoms with Gasteiger partial charge in [0.2, 0.25) is 0 Å². The number of rotatable bonds is 4. The molecule has 1 aromatic heterocycles. The van der Waals surface area contributed by atoms with Crippen LogP contribution in [0.4, 0.5) is 5.69 Å². The zero-order chi connectivity index (χ0) is 13.8. The lowest BCUT2D eigenvalue weighted by Gasteiger charge is -2.07. The molecular weight excluding hydrogens is 291 g/mol. The van der Waals surface area contributed by atoms with Crippen LogP contribution in [0, 0.1) is 10.1 Å².